The van der Waals surface area contributed by atoms with Crippen molar-refractivity contribution in [3.8, 4) is 0 Å². The fraction of sp³-hybridized carbons (Fsp3) is 0.524. The lowest BCUT2D eigenvalue weighted by molar-refractivity contribution is -0.134. The molecule has 0 aliphatic carbocycles. The Morgan fingerprint density at radius 2 is 1.96 bits per heavy atom. The molecule has 0 atom stereocenters. The van der Waals surface area contributed by atoms with E-state index in [1.54, 1.807) is 11.0 Å². The topological polar surface area (TPSA) is 59.1 Å². The van der Waals surface area contributed by atoms with Crippen molar-refractivity contribution in [1.82, 2.24) is 9.96 Å². The molecule has 7 heteroatoms. The number of halogens is 1. The van der Waals surface area contributed by atoms with Crippen molar-refractivity contribution in [3.63, 3.8) is 0 Å². The molecule has 1 fully saturated rings. The number of fused-ring (bicyclic) bond motifs is 1. The zero-order valence-corrected chi connectivity index (χ0v) is 17.4. The van der Waals surface area contributed by atoms with E-state index in [1.807, 2.05) is 39.0 Å². The maximum absolute atomic E-state index is 12.6. The summed E-state index contributed by atoms with van der Waals surface area (Å²) < 4.78 is 5.46. The third-order valence-corrected chi connectivity index (χ3v) is 5.14. The number of hydroxylamine groups is 2. The predicted octanol–water partition coefficient (Wildman–Crippen LogP) is 4.49. The highest BCUT2D eigenvalue weighted by Crippen LogP contribution is 2.27. The number of hydrogen-bond acceptors (Lipinski definition) is 4. The van der Waals surface area contributed by atoms with Crippen molar-refractivity contribution < 1.29 is 19.2 Å². The molecule has 0 aromatic heterocycles. The van der Waals surface area contributed by atoms with Crippen LogP contribution in [-0.2, 0) is 16.2 Å². The van der Waals surface area contributed by atoms with Gasteiger partial charge >= 0.3 is 6.09 Å². The molecule has 0 N–H and O–H groups in total. The third-order valence-electron chi connectivity index (χ3n) is 4.76. The van der Waals surface area contributed by atoms with Crippen molar-refractivity contribution >= 4 is 23.6 Å². The Kier molecular flexibility index (Phi) is 6.30. The molecule has 1 aromatic rings. The average molecular weight is 407 g/mol. The molecule has 2 aliphatic heterocycles. The van der Waals surface area contributed by atoms with Gasteiger partial charge in [0.25, 0.3) is 5.91 Å². The zero-order chi connectivity index (χ0) is 20.3. The van der Waals surface area contributed by atoms with Crippen LogP contribution in [0.3, 0.4) is 0 Å². The Hall–Kier alpha value is -2.05. The Morgan fingerprint density at radius 1 is 1.21 bits per heavy atom. The van der Waals surface area contributed by atoms with Gasteiger partial charge in [-0.25, -0.2) is 9.86 Å². The molecule has 0 saturated carbocycles. The lowest BCUT2D eigenvalue weighted by atomic mass is 10.1. The molecular formula is C21H27ClN2O4. The minimum atomic E-state index is -0.512. The molecule has 2 amide bonds. The summed E-state index contributed by atoms with van der Waals surface area (Å²) in [6, 6.07) is 7.43. The summed E-state index contributed by atoms with van der Waals surface area (Å²) in [5, 5.41) is 1.94. The van der Waals surface area contributed by atoms with E-state index >= 15 is 0 Å². The summed E-state index contributed by atoms with van der Waals surface area (Å²) in [5.74, 6) is -0.176. The van der Waals surface area contributed by atoms with Crippen molar-refractivity contribution in [2.24, 2.45) is 0 Å². The van der Waals surface area contributed by atoms with E-state index < -0.39 is 5.60 Å². The maximum atomic E-state index is 12.6. The molecule has 1 aromatic carbocycles. The number of likely N-dealkylation sites (tertiary alicyclic amines) is 1. The Bertz CT molecular complexity index is 785. The Labute approximate surface area is 171 Å². The van der Waals surface area contributed by atoms with Crippen molar-refractivity contribution in [2.45, 2.75) is 52.2 Å². The van der Waals surface area contributed by atoms with Crippen LogP contribution in [0.1, 0.15) is 56.0 Å². The average Bonchev–Trinajstić information content (AvgIpc) is 2.89. The van der Waals surface area contributed by atoms with E-state index in [0.717, 1.165) is 24.0 Å². The van der Waals surface area contributed by atoms with Crippen molar-refractivity contribution in [2.75, 3.05) is 19.6 Å². The van der Waals surface area contributed by atoms with Crippen LogP contribution in [0.5, 0.6) is 0 Å². The number of ether oxygens (including phenoxy) is 1. The van der Waals surface area contributed by atoms with Gasteiger partial charge in [0.05, 0.1) is 6.54 Å². The van der Waals surface area contributed by atoms with E-state index in [0.29, 0.717) is 36.7 Å². The Balaban J connectivity index is 1.63. The van der Waals surface area contributed by atoms with Crippen LogP contribution in [-0.4, -0.2) is 47.2 Å². The molecule has 152 valence electrons. The quantitative estimate of drug-likeness (QED) is 0.726. The van der Waals surface area contributed by atoms with E-state index in [-0.39, 0.29) is 18.5 Å². The van der Waals surface area contributed by atoms with Crippen LogP contribution in [0, 0.1) is 0 Å². The van der Waals surface area contributed by atoms with Gasteiger partial charge in [-0.1, -0.05) is 35.4 Å². The first kappa shape index (κ1) is 20.7. The molecule has 2 aliphatic rings. The van der Waals surface area contributed by atoms with Gasteiger partial charge in [-0.3, -0.25) is 9.63 Å². The number of hydrogen-bond donors (Lipinski definition) is 0. The fourth-order valence-electron chi connectivity index (χ4n) is 3.32. The van der Waals surface area contributed by atoms with E-state index in [2.05, 4.69) is 0 Å². The van der Waals surface area contributed by atoms with Gasteiger partial charge in [0.1, 0.15) is 12.2 Å². The van der Waals surface area contributed by atoms with E-state index in [9.17, 15) is 9.59 Å². The Morgan fingerprint density at radius 3 is 2.71 bits per heavy atom. The van der Waals surface area contributed by atoms with Crippen LogP contribution in [0.15, 0.2) is 34.9 Å². The van der Waals surface area contributed by atoms with Gasteiger partial charge in [-0.05, 0) is 51.7 Å². The van der Waals surface area contributed by atoms with Gasteiger partial charge in [0.2, 0.25) is 0 Å². The smallest absolute Gasteiger partial charge is 0.410 e. The zero-order valence-electron chi connectivity index (χ0n) is 16.7. The lowest BCUT2D eigenvalue weighted by Gasteiger charge is -2.28. The fourth-order valence-corrected chi connectivity index (χ4v) is 3.62. The number of rotatable bonds is 2. The summed E-state index contributed by atoms with van der Waals surface area (Å²) in [6.07, 6.45) is 1.96. The number of nitrogens with zero attached hydrogens (tertiary/aromatic N) is 2. The first-order valence-electron chi connectivity index (χ1n) is 9.61. The normalized spacial score (nSPS) is 19.8. The predicted molar refractivity (Wildman–Crippen MR) is 107 cm³/mol. The first-order chi connectivity index (χ1) is 13.2. The standard InChI is InChI=1S/C21H27ClN2O4/c1-21(2,3)28-20(26)23-11-6-8-15(10-12-23)18(22)13-24-19(25)17-9-5-4-7-16(17)14-27-24/h4-5,7,9H,6,8,10-14H2,1-3H3/b18-15+. The van der Waals surface area contributed by atoms with Crippen LogP contribution in [0.25, 0.3) is 0 Å². The van der Waals surface area contributed by atoms with Crippen LogP contribution in [0.4, 0.5) is 4.79 Å². The molecule has 3 rings (SSSR count). The second kappa shape index (κ2) is 8.53. The molecule has 0 spiro atoms. The minimum Gasteiger partial charge on any atom is -0.444 e. The van der Waals surface area contributed by atoms with Crippen molar-refractivity contribution in [3.05, 3.63) is 46.0 Å². The number of amides is 2. The van der Waals surface area contributed by atoms with Crippen LogP contribution >= 0.6 is 11.6 Å². The monoisotopic (exact) mass is 406 g/mol. The third kappa shape index (κ3) is 5.06. The van der Waals surface area contributed by atoms with E-state index in [4.69, 9.17) is 21.2 Å². The summed E-state index contributed by atoms with van der Waals surface area (Å²) in [7, 11) is 0. The lowest BCUT2D eigenvalue weighted by Crippen LogP contribution is -2.37. The van der Waals surface area contributed by atoms with Crippen LogP contribution in [0.2, 0.25) is 0 Å². The highest BCUT2D eigenvalue weighted by molar-refractivity contribution is 6.30. The summed E-state index contributed by atoms with van der Waals surface area (Å²) >= 11 is 6.56. The van der Waals surface area contributed by atoms with Gasteiger partial charge < -0.3 is 9.64 Å². The SMILES string of the molecule is CC(C)(C)OC(=O)N1CCC/C(=C(\Cl)CN2OCc3ccccc3C2=O)CC1. The molecule has 6 nitrogen and oxygen atoms in total. The number of carbonyl (C=O) groups excluding carboxylic acids is 2. The van der Waals surface area contributed by atoms with E-state index in [1.165, 1.54) is 5.06 Å². The molecule has 0 radical (unpaired) electrons. The van der Waals surface area contributed by atoms with Crippen molar-refractivity contribution in [1.29, 1.82) is 0 Å². The number of carbonyl (C=O) groups is 2. The maximum Gasteiger partial charge on any atom is 0.410 e. The first-order valence-corrected chi connectivity index (χ1v) is 9.99. The number of benzene rings is 1. The summed E-state index contributed by atoms with van der Waals surface area (Å²) in [6.45, 7) is 7.34. The molecular weight excluding hydrogens is 380 g/mol. The van der Waals surface area contributed by atoms with Gasteiger partial charge in [0.15, 0.2) is 0 Å². The molecule has 28 heavy (non-hydrogen) atoms. The molecule has 2 heterocycles. The van der Waals surface area contributed by atoms with Gasteiger partial charge in [-0.15, -0.1) is 0 Å². The molecule has 0 unspecified atom stereocenters. The van der Waals surface area contributed by atoms with Gasteiger partial charge in [-0.2, -0.15) is 0 Å². The highest BCUT2D eigenvalue weighted by atomic mass is 35.5. The highest BCUT2D eigenvalue weighted by Gasteiger charge is 2.28. The van der Waals surface area contributed by atoms with Gasteiger partial charge in [0, 0.05) is 23.7 Å². The second-order valence-electron chi connectivity index (χ2n) is 8.10. The second-order valence-corrected chi connectivity index (χ2v) is 8.56. The summed E-state index contributed by atoms with van der Waals surface area (Å²) in [5.41, 5.74) is 2.08. The summed E-state index contributed by atoms with van der Waals surface area (Å²) in [4.78, 5) is 32.3. The molecule has 1 saturated heterocycles. The molecule has 0 bridgehead atoms. The minimum absolute atomic E-state index is 0.176. The largest absolute Gasteiger partial charge is 0.444 e. The van der Waals surface area contributed by atoms with Crippen LogP contribution < -0.4 is 0 Å².